The van der Waals surface area contributed by atoms with Gasteiger partial charge in [0.15, 0.2) is 0 Å². The van der Waals surface area contributed by atoms with Crippen LogP contribution in [0.3, 0.4) is 0 Å². The van der Waals surface area contributed by atoms with Gasteiger partial charge >= 0.3 is 0 Å². The molecule has 3 rings (SSSR count). The predicted molar refractivity (Wildman–Crippen MR) is 163 cm³/mol. The molecule has 0 nitrogen and oxygen atoms in total. The fourth-order valence-corrected chi connectivity index (χ4v) is 16.3. The molecule has 0 heterocycles. The van der Waals surface area contributed by atoms with Crippen molar-refractivity contribution in [3.63, 3.8) is 0 Å². The third-order valence-corrected chi connectivity index (χ3v) is 17.4. The number of hydrogen-bond acceptors (Lipinski definition) is 0. The van der Waals surface area contributed by atoms with Gasteiger partial charge in [0.1, 0.15) is 0 Å². The Balaban J connectivity index is 1.40. The summed E-state index contributed by atoms with van der Waals surface area (Å²) in [6.45, 7) is 2.32. The average Bonchev–Trinajstić information content (AvgIpc) is 2.93. The molecule has 0 radical (unpaired) electrons. The van der Waals surface area contributed by atoms with Crippen LogP contribution in [0.15, 0.2) is 0 Å². The molecule has 3 aliphatic rings. The molecule has 0 bridgehead atoms. The summed E-state index contributed by atoms with van der Waals surface area (Å²) in [7, 11) is -0.807. The molecular formula is C34H66P+. The number of unbranched alkanes of at least 4 members (excludes halogenated alkanes) is 13. The smallest absolute Gasteiger partial charge is 0.0654 e. The van der Waals surface area contributed by atoms with E-state index in [9.17, 15) is 0 Å². The van der Waals surface area contributed by atoms with Crippen LogP contribution in [-0.4, -0.2) is 23.1 Å². The van der Waals surface area contributed by atoms with E-state index < -0.39 is 7.26 Å². The van der Waals surface area contributed by atoms with Gasteiger partial charge in [0.25, 0.3) is 0 Å². The molecule has 0 aromatic rings. The van der Waals surface area contributed by atoms with Crippen LogP contribution in [-0.2, 0) is 0 Å². The predicted octanol–water partition coefficient (Wildman–Crippen LogP) is 12.5. The molecule has 0 saturated heterocycles. The lowest BCUT2D eigenvalue weighted by atomic mass is 9.99. The molecule has 0 atom stereocenters. The van der Waals surface area contributed by atoms with E-state index in [2.05, 4.69) is 6.92 Å². The molecule has 3 saturated carbocycles. The van der Waals surface area contributed by atoms with Crippen LogP contribution in [0.25, 0.3) is 0 Å². The highest BCUT2D eigenvalue weighted by Crippen LogP contribution is 2.77. The van der Waals surface area contributed by atoms with E-state index in [1.807, 2.05) is 0 Å². The highest BCUT2D eigenvalue weighted by molar-refractivity contribution is 7.77. The average molecular weight is 506 g/mol. The van der Waals surface area contributed by atoms with Gasteiger partial charge in [-0.3, -0.25) is 0 Å². The second-order valence-corrected chi connectivity index (χ2v) is 17.8. The van der Waals surface area contributed by atoms with Crippen molar-refractivity contribution in [3.8, 4) is 0 Å². The number of rotatable bonds is 18. The molecule has 35 heavy (non-hydrogen) atoms. The van der Waals surface area contributed by atoms with Crippen LogP contribution >= 0.6 is 7.26 Å². The molecule has 0 N–H and O–H groups in total. The first-order chi connectivity index (χ1) is 17.4. The number of hydrogen-bond donors (Lipinski definition) is 0. The van der Waals surface area contributed by atoms with Crippen molar-refractivity contribution in [2.45, 2.75) is 210 Å². The Hall–Kier alpha value is 0.430. The molecule has 3 aliphatic carbocycles. The minimum atomic E-state index is -0.807. The van der Waals surface area contributed by atoms with E-state index in [0.29, 0.717) is 0 Å². The van der Waals surface area contributed by atoms with E-state index in [4.69, 9.17) is 0 Å². The van der Waals surface area contributed by atoms with Gasteiger partial charge in [0, 0.05) is 7.26 Å². The Morgan fingerprint density at radius 1 is 0.371 bits per heavy atom. The van der Waals surface area contributed by atoms with Crippen LogP contribution in [0.1, 0.15) is 193 Å². The molecule has 1 heteroatoms. The lowest BCUT2D eigenvalue weighted by molar-refractivity contribution is 0.449. The Labute approximate surface area is 223 Å². The van der Waals surface area contributed by atoms with Gasteiger partial charge in [0.05, 0.1) is 23.1 Å². The molecular weight excluding hydrogens is 439 g/mol. The molecule has 0 aromatic carbocycles. The second kappa shape index (κ2) is 18.6. The minimum absolute atomic E-state index is 0.807. The van der Waals surface area contributed by atoms with Gasteiger partial charge in [-0.2, -0.15) is 0 Å². The molecule has 0 spiro atoms. The van der Waals surface area contributed by atoms with Gasteiger partial charge in [-0.05, 0) is 89.9 Å². The quantitative estimate of drug-likeness (QED) is 0.128. The highest BCUT2D eigenvalue weighted by Gasteiger charge is 2.56. The molecule has 0 aromatic heterocycles. The molecule has 206 valence electrons. The Kier molecular flexibility index (Phi) is 16.0. The van der Waals surface area contributed by atoms with Crippen molar-refractivity contribution >= 4 is 7.26 Å². The topological polar surface area (TPSA) is 0 Å². The summed E-state index contributed by atoms with van der Waals surface area (Å²) in [6.07, 6.45) is 46.7. The van der Waals surface area contributed by atoms with Crippen LogP contribution in [0.2, 0.25) is 0 Å². The first-order valence-electron chi connectivity index (χ1n) is 17.2. The Morgan fingerprint density at radius 3 is 0.971 bits per heavy atom. The molecule has 0 aliphatic heterocycles. The fourth-order valence-electron chi connectivity index (χ4n) is 8.71. The molecule has 3 fully saturated rings. The molecule has 0 amide bonds. The summed E-state index contributed by atoms with van der Waals surface area (Å²) in [5.41, 5.74) is 3.60. The van der Waals surface area contributed by atoms with Crippen molar-refractivity contribution in [2.75, 3.05) is 6.16 Å². The van der Waals surface area contributed by atoms with E-state index in [-0.39, 0.29) is 0 Å². The summed E-state index contributed by atoms with van der Waals surface area (Å²) >= 11 is 0. The van der Waals surface area contributed by atoms with Crippen LogP contribution in [0, 0.1) is 0 Å². The SMILES string of the molecule is CCCCCCCCCCCCCCCC[P+](C1CCCCC1)(C1CCCCC1)C1CCCCC1. The second-order valence-electron chi connectivity index (χ2n) is 13.2. The lowest BCUT2D eigenvalue weighted by Crippen LogP contribution is -2.37. The summed E-state index contributed by atoms with van der Waals surface area (Å²) in [5.74, 6) is 0. The van der Waals surface area contributed by atoms with Gasteiger partial charge < -0.3 is 0 Å². The summed E-state index contributed by atoms with van der Waals surface area (Å²) in [6, 6.07) is 0. The van der Waals surface area contributed by atoms with Crippen molar-refractivity contribution in [1.82, 2.24) is 0 Å². The third kappa shape index (κ3) is 10.3. The van der Waals surface area contributed by atoms with Crippen molar-refractivity contribution in [1.29, 1.82) is 0 Å². The Morgan fingerprint density at radius 2 is 0.657 bits per heavy atom. The zero-order valence-corrected chi connectivity index (χ0v) is 25.3. The maximum atomic E-state index is 2.32. The van der Waals surface area contributed by atoms with Crippen molar-refractivity contribution in [2.24, 2.45) is 0 Å². The van der Waals surface area contributed by atoms with Gasteiger partial charge in [-0.15, -0.1) is 0 Å². The van der Waals surface area contributed by atoms with Crippen LogP contribution in [0.4, 0.5) is 0 Å². The normalized spacial score (nSPS) is 21.5. The van der Waals surface area contributed by atoms with E-state index in [1.165, 1.54) is 94.0 Å². The van der Waals surface area contributed by atoms with Crippen molar-refractivity contribution in [3.05, 3.63) is 0 Å². The maximum Gasteiger partial charge on any atom is 0.0703 e. The van der Waals surface area contributed by atoms with Gasteiger partial charge in [-0.25, -0.2) is 0 Å². The highest BCUT2D eigenvalue weighted by atomic mass is 31.2. The Bertz CT molecular complexity index is 435. The molecule has 0 unspecified atom stereocenters. The summed E-state index contributed by atoms with van der Waals surface area (Å²) in [5, 5.41) is 0. The van der Waals surface area contributed by atoms with Crippen LogP contribution < -0.4 is 0 Å². The van der Waals surface area contributed by atoms with Gasteiger partial charge in [0.2, 0.25) is 0 Å². The van der Waals surface area contributed by atoms with E-state index >= 15 is 0 Å². The van der Waals surface area contributed by atoms with E-state index in [0.717, 1.165) is 0 Å². The van der Waals surface area contributed by atoms with E-state index in [1.54, 1.807) is 115 Å². The fraction of sp³-hybridized carbons (Fsp3) is 1.00. The standard InChI is InChI=1S/C34H66P/c1-2-3-4-5-6-7-8-9-10-11-12-13-14-24-31-35(32-25-18-15-19-26-32,33-27-20-16-21-28-33)34-29-22-17-23-30-34/h32-34H,2-31H2,1H3/q+1. The van der Waals surface area contributed by atoms with Crippen LogP contribution in [0.5, 0.6) is 0 Å². The van der Waals surface area contributed by atoms with Crippen molar-refractivity contribution < 1.29 is 0 Å². The third-order valence-electron chi connectivity index (χ3n) is 10.7. The summed E-state index contributed by atoms with van der Waals surface area (Å²) < 4.78 is 0. The summed E-state index contributed by atoms with van der Waals surface area (Å²) in [4.78, 5) is 0. The first-order valence-corrected chi connectivity index (χ1v) is 19.4. The first kappa shape index (κ1) is 30.0. The zero-order valence-electron chi connectivity index (χ0n) is 24.4. The zero-order chi connectivity index (χ0) is 24.4. The maximum absolute atomic E-state index is 2.32. The minimum Gasteiger partial charge on any atom is -0.0654 e. The largest absolute Gasteiger partial charge is 0.0703 e. The van der Waals surface area contributed by atoms with Gasteiger partial charge in [-0.1, -0.05) is 103 Å². The monoisotopic (exact) mass is 505 g/mol. The lowest BCUT2D eigenvalue weighted by Gasteiger charge is -2.49.